The summed E-state index contributed by atoms with van der Waals surface area (Å²) in [5.41, 5.74) is 5.53. The Labute approximate surface area is 87.4 Å². The van der Waals surface area contributed by atoms with Crippen LogP contribution in [0.3, 0.4) is 0 Å². The van der Waals surface area contributed by atoms with Gasteiger partial charge in [0.05, 0.1) is 0 Å². The molecule has 0 saturated heterocycles. The van der Waals surface area contributed by atoms with Gasteiger partial charge in [0.2, 0.25) is 5.91 Å². The molecule has 2 atom stereocenters. The molecule has 0 aromatic rings. The third kappa shape index (κ3) is 5.97. The van der Waals surface area contributed by atoms with E-state index >= 15 is 0 Å². The molecule has 3 heteroatoms. The van der Waals surface area contributed by atoms with Crippen molar-refractivity contribution in [2.75, 3.05) is 13.1 Å². The SMILES string of the molecule is CCC(C)CNC(=O)CC(CC)CN. The fourth-order valence-electron chi connectivity index (χ4n) is 1.16. The second-order valence-electron chi connectivity index (χ2n) is 4.03. The van der Waals surface area contributed by atoms with Crippen LogP contribution in [0.15, 0.2) is 0 Å². The molecule has 0 rings (SSSR count). The number of carbonyl (C=O) groups is 1. The molecule has 0 aliphatic rings. The number of hydrogen-bond donors (Lipinski definition) is 2. The van der Waals surface area contributed by atoms with Crippen LogP contribution >= 0.6 is 0 Å². The number of amides is 1. The summed E-state index contributed by atoms with van der Waals surface area (Å²) in [7, 11) is 0. The molecule has 0 fully saturated rings. The van der Waals surface area contributed by atoms with Gasteiger partial charge in [-0.1, -0.05) is 33.6 Å². The minimum atomic E-state index is 0.141. The highest BCUT2D eigenvalue weighted by Gasteiger charge is 2.10. The molecule has 84 valence electrons. The maximum Gasteiger partial charge on any atom is 0.220 e. The van der Waals surface area contributed by atoms with Gasteiger partial charge in [0.15, 0.2) is 0 Å². The van der Waals surface area contributed by atoms with Crippen LogP contribution in [0.25, 0.3) is 0 Å². The van der Waals surface area contributed by atoms with Gasteiger partial charge < -0.3 is 11.1 Å². The van der Waals surface area contributed by atoms with Gasteiger partial charge in [-0.3, -0.25) is 4.79 Å². The summed E-state index contributed by atoms with van der Waals surface area (Å²) < 4.78 is 0. The standard InChI is InChI=1S/C11H24N2O/c1-4-9(3)8-13-11(14)6-10(5-2)7-12/h9-10H,4-8,12H2,1-3H3,(H,13,14). The third-order valence-corrected chi connectivity index (χ3v) is 2.73. The quantitative estimate of drug-likeness (QED) is 0.654. The van der Waals surface area contributed by atoms with Crippen molar-refractivity contribution in [3.63, 3.8) is 0 Å². The first-order valence-corrected chi connectivity index (χ1v) is 5.60. The summed E-state index contributed by atoms with van der Waals surface area (Å²) >= 11 is 0. The van der Waals surface area contributed by atoms with E-state index in [0.717, 1.165) is 19.4 Å². The highest BCUT2D eigenvalue weighted by molar-refractivity contribution is 5.76. The van der Waals surface area contributed by atoms with Crippen molar-refractivity contribution < 1.29 is 4.79 Å². The van der Waals surface area contributed by atoms with E-state index in [1.165, 1.54) is 0 Å². The number of carbonyl (C=O) groups excluding carboxylic acids is 1. The molecule has 0 aromatic carbocycles. The highest BCUT2D eigenvalue weighted by atomic mass is 16.1. The monoisotopic (exact) mass is 200 g/mol. The summed E-state index contributed by atoms with van der Waals surface area (Å²) in [6, 6.07) is 0. The molecule has 0 aromatic heterocycles. The Balaban J connectivity index is 3.64. The van der Waals surface area contributed by atoms with E-state index in [4.69, 9.17) is 5.73 Å². The number of rotatable bonds is 7. The van der Waals surface area contributed by atoms with E-state index in [9.17, 15) is 4.79 Å². The second-order valence-corrected chi connectivity index (χ2v) is 4.03. The Hall–Kier alpha value is -0.570. The number of nitrogens with two attached hydrogens (primary N) is 1. The van der Waals surface area contributed by atoms with Gasteiger partial charge >= 0.3 is 0 Å². The van der Waals surface area contributed by atoms with Crippen molar-refractivity contribution in [2.45, 2.75) is 40.0 Å². The average Bonchev–Trinajstić information content (AvgIpc) is 2.22. The van der Waals surface area contributed by atoms with E-state index in [1.807, 2.05) is 0 Å². The lowest BCUT2D eigenvalue weighted by atomic mass is 10.0. The molecule has 0 aliphatic carbocycles. The lowest BCUT2D eigenvalue weighted by molar-refractivity contribution is -0.122. The van der Waals surface area contributed by atoms with E-state index in [2.05, 4.69) is 26.1 Å². The van der Waals surface area contributed by atoms with Crippen LogP contribution in [0.1, 0.15) is 40.0 Å². The van der Waals surface area contributed by atoms with Crippen LogP contribution in [0.5, 0.6) is 0 Å². The normalized spacial score (nSPS) is 14.9. The number of nitrogens with one attached hydrogen (secondary N) is 1. The Morgan fingerprint density at radius 2 is 2.00 bits per heavy atom. The molecule has 0 bridgehead atoms. The molecule has 1 amide bonds. The summed E-state index contributed by atoms with van der Waals surface area (Å²) in [6.45, 7) is 7.73. The topological polar surface area (TPSA) is 55.1 Å². The first kappa shape index (κ1) is 13.4. The van der Waals surface area contributed by atoms with E-state index in [0.29, 0.717) is 24.8 Å². The van der Waals surface area contributed by atoms with Crippen LogP contribution in [0.2, 0.25) is 0 Å². The van der Waals surface area contributed by atoms with Crippen LogP contribution in [0.4, 0.5) is 0 Å². The maximum atomic E-state index is 11.4. The predicted octanol–water partition coefficient (Wildman–Crippen LogP) is 1.52. The fraction of sp³-hybridized carbons (Fsp3) is 0.909. The van der Waals surface area contributed by atoms with Gasteiger partial charge in [0.25, 0.3) is 0 Å². The molecular weight excluding hydrogens is 176 g/mol. The molecular formula is C11H24N2O. The molecule has 3 nitrogen and oxygen atoms in total. The van der Waals surface area contributed by atoms with Gasteiger partial charge in [0.1, 0.15) is 0 Å². The zero-order valence-corrected chi connectivity index (χ0v) is 9.68. The minimum absolute atomic E-state index is 0.141. The average molecular weight is 200 g/mol. The minimum Gasteiger partial charge on any atom is -0.356 e. The van der Waals surface area contributed by atoms with Crippen LogP contribution in [0, 0.1) is 11.8 Å². The Morgan fingerprint density at radius 3 is 2.43 bits per heavy atom. The van der Waals surface area contributed by atoms with Gasteiger partial charge in [-0.25, -0.2) is 0 Å². The Bertz CT molecular complexity index is 155. The van der Waals surface area contributed by atoms with Crippen molar-refractivity contribution in [2.24, 2.45) is 17.6 Å². The van der Waals surface area contributed by atoms with E-state index in [-0.39, 0.29) is 5.91 Å². The molecule has 0 heterocycles. The molecule has 3 N–H and O–H groups in total. The molecule has 0 radical (unpaired) electrons. The van der Waals surface area contributed by atoms with Crippen molar-refractivity contribution in [3.05, 3.63) is 0 Å². The third-order valence-electron chi connectivity index (χ3n) is 2.73. The van der Waals surface area contributed by atoms with Crippen molar-refractivity contribution >= 4 is 5.91 Å². The molecule has 0 saturated carbocycles. The largest absolute Gasteiger partial charge is 0.356 e. The van der Waals surface area contributed by atoms with Crippen LogP contribution < -0.4 is 11.1 Å². The van der Waals surface area contributed by atoms with Crippen LogP contribution in [-0.4, -0.2) is 19.0 Å². The highest BCUT2D eigenvalue weighted by Crippen LogP contribution is 2.05. The van der Waals surface area contributed by atoms with E-state index in [1.54, 1.807) is 0 Å². The first-order chi connectivity index (χ1) is 6.63. The fourth-order valence-corrected chi connectivity index (χ4v) is 1.16. The molecule has 2 unspecified atom stereocenters. The van der Waals surface area contributed by atoms with Crippen molar-refractivity contribution in [3.8, 4) is 0 Å². The van der Waals surface area contributed by atoms with Crippen LogP contribution in [-0.2, 0) is 4.79 Å². The van der Waals surface area contributed by atoms with Gasteiger partial charge in [0, 0.05) is 13.0 Å². The lowest BCUT2D eigenvalue weighted by Crippen LogP contribution is -2.31. The Morgan fingerprint density at radius 1 is 1.36 bits per heavy atom. The van der Waals surface area contributed by atoms with Crippen molar-refractivity contribution in [1.82, 2.24) is 5.32 Å². The predicted molar refractivity (Wildman–Crippen MR) is 59.9 cm³/mol. The molecule has 0 aliphatic heterocycles. The zero-order valence-electron chi connectivity index (χ0n) is 9.68. The summed E-state index contributed by atoms with van der Waals surface area (Å²) in [4.78, 5) is 11.4. The lowest BCUT2D eigenvalue weighted by Gasteiger charge is -2.14. The van der Waals surface area contributed by atoms with E-state index < -0.39 is 0 Å². The maximum absolute atomic E-state index is 11.4. The summed E-state index contributed by atoms with van der Waals surface area (Å²) in [5.74, 6) is 1.05. The van der Waals surface area contributed by atoms with Gasteiger partial charge in [-0.2, -0.15) is 0 Å². The van der Waals surface area contributed by atoms with Gasteiger partial charge in [-0.15, -0.1) is 0 Å². The first-order valence-electron chi connectivity index (χ1n) is 5.60. The Kier molecular flexibility index (Phi) is 7.48. The molecule has 14 heavy (non-hydrogen) atoms. The number of hydrogen-bond acceptors (Lipinski definition) is 2. The smallest absolute Gasteiger partial charge is 0.220 e. The summed E-state index contributed by atoms with van der Waals surface area (Å²) in [6.07, 6.45) is 2.66. The second kappa shape index (κ2) is 7.80. The zero-order chi connectivity index (χ0) is 11.0. The van der Waals surface area contributed by atoms with Gasteiger partial charge in [-0.05, 0) is 18.4 Å². The molecule has 0 spiro atoms. The summed E-state index contributed by atoms with van der Waals surface area (Å²) in [5, 5.41) is 2.94. The van der Waals surface area contributed by atoms with Crippen molar-refractivity contribution in [1.29, 1.82) is 0 Å².